The Bertz CT molecular complexity index is 584. The van der Waals surface area contributed by atoms with E-state index in [1.54, 1.807) is 18.2 Å². The lowest BCUT2D eigenvalue weighted by atomic mass is 10.2. The Labute approximate surface area is 118 Å². The molecule has 1 N–H and O–H groups in total. The van der Waals surface area contributed by atoms with Gasteiger partial charge in [0.05, 0.1) is 15.6 Å². The fraction of sp³-hybridized carbons (Fsp3) is 0. The molecular weight excluding hydrogens is 296 g/mol. The molecular formula is C11H6Cl3N3O. The van der Waals surface area contributed by atoms with E-state index in [9.17, 15) is 4.79 Å². The van der Waals surface area contributed by atoms with Crippen LogP contribution in [0, 0.1) is 0 Å². The third kappa shape index (κ3) is 2.72. The van der Waals surface area contributed by atoms with E-state index in [0.717, 1.165) is 0 Å². The lowest BCUT2D eigenvalue weighted by Crippen LogP contribution is -2.14. The van der Waals surface area contributed by atoms with Crippen molar-refractivity contribution in [1.82, 2.24) is 9.97 Å². The number of hydrogen-bond donors (Lipinski definition) is 1. The van der Waals surface area contributed by atoms with Crippen LogP contribution in [0.5, 0.6) is 0 Å². The zero-order valence-electron chi connectivity index (χ0n) is 8.82. The average Bonchev–Trinajstić information content (AvgIpc) is 2.32. The first-order valence-corrected chi connectivity index (χ1v) is 5.95. The highest BCUT2D eigenvalue weighted by Gasteiger charge is 2.16. The summed E-state index contributed by atoms with van der Waals surface area (Å²) >= 11 is 17.6. The Kier molecular flexibility index (Phi) is 4.01. The minimum absolute atomic E-state index is 0.0917. The molecule has 1 heterocycles. The summed E-state index contributed by atoms with van der Waals surface area (Å²) in [4.78, 5) is 19.7. The number of carbonyl (C=O) groups excluding carboxylic acids is 1. The molecule has 0 aliphatic rings. The maximum atomic E-state index is 12.0. The van der Waals surface area contributed by atoms with Gasteiger partial charge in [-0.05, 0) is 12.1 Å². The number of hydrogen-bond acceptors (Lipinski definition) is 3. The first kappa shape index (κ1) is 13.1. The zero-order valence-corrected chi connectivity index (χ0v) is 11.1. The van der Waals surface area contributed by atoms with Gasteiger partial charge in [0, 0.05) is 12.4 Å². The molecule has 2 rings (SSSR count). The van der Waals surface area contributed by atoms with E-state index in [0.29, 0.717) is 0 Å². The lowest BCUT2D eigenvalue weighted by molar-refractivity contribution is 0.102. The van der Waals surface area contributed by atoms with Gasteiger partial charge in [0.2, 0.25) is 0 Å². The molecule has 0 aliphatic carbocycles. The minimum Gasteiger partial charge on any atom is -0.304 e. The van der Waals surface area contributed by atoms with Crippen molar-refractivity contribution >= 4 is 46.5 Å². The van der Waals surface area contributed by atoms with Gasteiger partial charge in [-0.2, -0.15) is 0 Å². The summed E-state index contributed by atoms with van der Waals surface area (Å²) in [5, 5.41) is 3.09. The van der Waals surface area contributed by atoms with Crippen molar-refractivity contribution in [3.63, 3.8) is 0 Å². The van der Waals surface area contributed by atoms with Crippen LogP contribution < -0.4 is 5.32 Å². The second-order valence-electron chi connectivity index (χ2n) is 3.25. The molecule has 0 bridgehead atoms. The molecule has 0 atom stereocenters. The van der Waals surface area contributed by atoms with Crippen LogP contribution in [0.4, 0.5) is 5.82 Å². The van der Waals surface area contributed by atoms with Crippen LogP contribution in [-0.2, 0) is 0 Å². The fourth-order valence-corrected chi connectivity index (χ4v) is 2.01. The predicted octanol–water partition coefficient (Wildman–Crippen LogP) is 3.69. The maximum absolute atomic E-state index is 12.0. The first-order chi connectivity index (χ1) is 8.59. The van der Waals surface area contributed by atoms with Crippen molar-refractivity contribution in [2.75, 3.05) is 5.32 Å². The van der Waals surface area contributed by atoms with Gasteiger partial charge in [-0.1, -0.05) is 40.9 Å². The molecule has 7 heteroatoms. The summed E-state index contributed by atoms with van der Waals surface area (Å²) in [5.41, 5.74) is 0.169. The number of halogens is 3. The van der Waals surface area contributed by atoms with E-state index in [1.807, 2.05) is 0 Å². The lowest BCUT2D eigenvalue weighted by Gasteiger charge is -2.08. The molecule has 4 nitrogen and oxygen atoms in total. The molecule has 92 valence electrons. The molecule has 0 radical (unpaired) electrons. The first-order valence-electron chi connectivity index (χ1n) is 4.81. The fourth-order valence-electron chi connectivity index (χ4n) is 1.29. The Morgan fingerprint density at radius 1 is 1.06 bits per heavy atom. The molecule has 1 amide bonds. The number of aromatic nitrogens is 2. The molecule has 0 aliphatic heterocycles. The average molecular weight is 303 g/mol. The molecule has 0 unspecified atom stereocenters. The minimum atomic E-state index is -0.493. The van der Waals surface area contributed by atoms with Crippen molar-refractivity contribution in [2.45, 2.75) is 0 Å². The van der Waals surface area contributed by atoms with Gasteiger partial charge in [0.1, 0.15) is 0 Å². The van der Waals surface area contributed by atoms with E-state index in [4.69, 9.17) is 34.8 Å². The molecule has 0 fully saturated rings. The van der Waals surface area contributed by atoms with E-state index < -0.39 is 5.91 Å². The second-order valence-corrected chi connectivity index (χ2v) is 4.42. The summed E-state index contributed by atoms with van der Waals surface area (Å²) < 4.78 is 0. The molecule has 1 aromatic heterocycles. The van der Waals surface area contributed by atoms with Gasteiger partial charge in [-0.25, -0.2) is 9.97 Å². The van der Waals surface area contributed by atoms with Crippen molar-refractivity contribution in [2.24, 2.45) is 0 Å². The zero-order chi connectivity index (χ0) is 13.1. The Hall–Kier alpha value is -1.36. The Morgan fingerprint density at radius 2 is 1.67 bits per heavy atom. The van der Waals surface area contributed by atoms with Crippen LogP contribution in [0.1, 0.15) is 10.4 Å². The molecule has 0 saturated heterocycles. The number of nitrogens with zero attached hydrogens (tertiary/aromatic N) is 2. The van der Waals surface area contributed by atoms with Crippen LogP contribution >= 0.6 is 34.8 Å². The Balaban J connectivity index is 2.31. The van der Waals surface area contributed by atoms with Crippen molar-refractivity contribution in [3.8, 4) is 0 Å². The highest BCUT2D eigenvalue weighted by molar-refractivity contribution is 6.40. The standard InChI is InChI=1S/C11H6Cl3N3O/c12-6-2-1-3-7(13)8(6)11(18)17-10-9(14)15-4-5-16-10/h1-5H,(H,16,17,18). The van der Waals surface area contributed by atoms with Gasteiger partial charge in [0.15, 0.2) is 11.0 Å². The number of rotatable bonds is 2. The largest absolute Gasteiger partial charge is 0.304 e. The third-order valence-electron chi connectivity index (χ3n) is 2.08. The van der Waals surface area contributed by atoms with Gasteiger partial charge in [-0.15, -0.1) is 0 Å². The normalized spacial score (nSPS) is 10.2. The molecule has 0 spiro atoms. The van der Waals surface area contributed by atoms with E-state index in [2.05, 4.69) is 15.3 Å². The van der Waals surface area contributed by atoms with E-state index in [1.165, 1.54) is 12.4 Å². The summed E-state index contributed by atoms with van der Waals surface area (Å²) in [6, 6.07) is 4.79. The third-order valence-corrected chi connectivity index (χ3v) is 2.98. The smallest absolute Gasteiger partial charge is 0.259 e. The SMILES string of the molecule is O=C(Nc1nccnc1Cl)c1c(Cl)cccc1Cl. The monoisotopic (exact) mass is 301 g/mol. The van der Waals surface area contributed by atoms with Crippen LogP contribution in [0.3, 0.4) is 0 Å². The van der Waals surface area contributed by atoms with Crippen LogP contribution in [-0.4, -0.2) is 15.9 Å². The molecule has 2 aromatic rings. The quantitative estimate of drug-likeness (QED) is 0.920. The predicted molar refractivity (Wildman–Crippen MR) is 71.5 cm³/mol. The van der Waals surface area contributed by atoms with Gasteiger partial charge < -0.3 is 5.32 Å². The summed E-state index contributed by atoms with van der Waals surface area (Å²) in [6.45, 7) is 0. The number of carbonyl (C=O) groups is 1. The maximum Gasteiger partial charge on any atom is 0.259 e. The van der Waals surface area contributed by atoms with Crippen molar-refractivity contribution in [1.29, 1.82) is 0 Å². The van der Waals surface area contributed by atoms with Crippen molar-refractivity contribution < 1.29 is 4.79 Å². The molecule has 0 saturated carbocycles. The van der Waals surface area contributed by atoms with E-state index in [-0.39, 0.29) is 26.6 Å². The second kappa shape index (κ2) is 5.52. The van der Waals surface area contributed by atoms with Gasteiger partial charge in [-0.3, -0.25) is 4.79 Å². The number of amides is 1. The molecule has 18 heavy (non-hydrogen) atoms. The highest BCUT2D eigenvalue weighted by Crippen LogP contribution is 2.25. The van der Waals surface area contributed by atoms with Crippen LogP contribution in [0.2, 0.25) is 15.2 Å². The summed E-state index contributed by atoms with van der Waals surface area (Å²) in [5.74, 6) is -0.340. The summed E-state index contributed by atoms with van der Waals surface area (Å²) in [7, 11) is 0. The van der Waals surface area contributed by atoms with E-state index >= 15 is 0 Å². The van der Waals surface area contributed by atoms with Crippen LogP contribution in [0.15, 0.2) is 30.6 Å². The van der Waals surface area contributed by atoms with Crippen molar-refractivity contribution in [3.05, 3.63) is 51.4 Å². The number of anilines is 1. The number of benzene rings is 1. The van der Waals surface area contributed by atoms with Crippen LogP contribution in [0.25, 0.3) is 0 Å². The highest BCUT2D eigenvalue weighted by atomic mass is 35.5. The van der Waals surface area contributed by atoms with Gasteiger partial charge in [0.25, 0.3) is 5.91 Å². The summed E-state index contributed by atoms with van der Waals surface area (Å²) in [6.07, 6.45) is 2.83. The number of nitrogens with one attached hydrogen (secondary N) is 1. The Morgan fingerprint density at radius 3 is 2.28 bits per heavy atom. The topological polar surface area (TPSA) is 54.9 Å². The molecule has 1 aromatic carbocycles. The van der Waals surface area contributed by atoms with Gasteiger partial charge >= 0.3 is 0 Å².